The van der Waals surface area contributed by atoms with Gasteiger partial charge in [-0.2, -0.15) is 0 Å². The van der Waals surface area contributed by atoms with Gasteiger partial charge >= 0.3 is 0 Å². The van der Waals surface area contributed by atoms with Crippen molar-refractivity contribution in [3.05, 3.63) is 46.8 Å². The molecule has 0 fully saturated rings. The van der Waals surface area contributed by atoms with E-state index in [9.17, 15) is 9.59 Å². The lowest BCUT2D eigenvalue weighted by molar-refractivity contribution is -0.121. The molecule has 2 rings (SSSR count). The number of nitrogens with zero attached hydrogens (tertiary/aromatic N) is 2. The summed E-state index contributed by atoms with van der Waals surface area (Å²) in [6, 6.07) is 7.34. The Morgan fingerprint density at radius 3 is 2.44 bits per heavy atom. The Kier molecular flexibility index (Phi) is 7.36. The van der Waals surface area contributed by atoms with E-state index in [-0.39, 0.29) is 17.9 Å². The third-order valence-corrected chi connectivity index (χ3v) is 4.82. The SMILES string of the molecule is CSc1nc(C)c(CCC(=O)NC(C)c2cccc(NC(C)=O)c2)c(C)n1. The smallest absolute Gasteiger partial charge is 0.221 e. The maximum Gasteiger partial charge on any atom is 0.221 e. The zero-order valence-electron chi connectivity index (χ0n) is 16.4. The highest BCUT2D eigenvalue weighted by Gasteiger charge is 2.13. The van der Waals surface area contributed by atoms with Crippen LogP contribution in [0.2, 0.25) is 0 Å². The molecule has 0 saturated carbocycles. The average Bonchev–Trinajstić information content (AvgIpc) is 2.60. The Bertz CT molecular complexity index is 815. The predicted molar refractivity (Wildman–Crippen MR) is 109 cm³/mol. The highest BCUT2D eigenvalue weighted by molar-refractivity contribution is 7.98. The molecule has 0 spiro atoms. The molecule has 0 aliphatic carbocycles. The molecule has 1 aromatic heterocycles. The molecule has 0 aliphatic rings. The van der Waals surface area contributed by atoms with Gasteiger partial charge in [0.15, 0.2) is 5.16 Å². The van der Waals surface area contributed by atoms with Gasteiger partial charge in [0.25, 0.3) is 0 Å². The van der Waals surface area contributed by atoms with Gasteiger partial charge in [-0.15, -0.1) is 0 Å². The van der Waals surface area contributed by atoms with Gasteiger partial charge in [0.05, 0.1) is 6.04 Å². The molecule has 0 bridgehead atoms. The average molecular weight is 387 g/mol. The van der Waals surface area contributed by atoms with E-state index in [1.165, 1.54) is 18.7 Å². The number of aryl methyl sites for hydroxylation is 2. The molecule has 2 aromatic rings. The molecule has 1 aromatic carbocycles. The lowest BCUT2D eigenvalue weighted by Gasteiger charge is -2.16. The topological polar surface area (TPSA) is 84.0 Å². The van der Waals surface area contributed by atoms with Gasteiger partial charge in [-0.05, 0) is 56.7 Å². The summed E-state index contributed by atoms with van der Waals surface area (Å²) in [5.74, 6) is -0.149. The third kappa shape index (κ3) is 6.06. The summed E-state index contributed by atoms with van der Waals surface area (Å²) < 4.78 is 0. The van der Waals surface area contributed by atoms with Crippen LogP contribution >= 0.6 is 11.8 Å². The standard InChI is InChI=1S/C20H26N4O2S/c1-12(16-7-6-8-17(11-16)24-15(4)25)21-19(26)10-9-18-13(2)22-20(27-5)23-14(18)3/h6-8,11-12H,9-10H2,1-5H3,(H,21,26)(H,24,25). The zero-order valence-corrected chi connectivity index (χ0v) is 17.2. The van der Waals surface area contributed by atoms with Gasteiger partial charge < -0.3 is 10.6 Å². The Hall–Kier alpha value is -2.41. The molecule has 1 unspecified atom stereocenters. The molecule has 1 atom stereocenters. The summed E-state index contributed by atoms with van der Waals surface area (Å²) in [5.41, 5.74) is 4.54. The number of carbonyl (C=O) groups excluding carboxylic acids is 2. The van der Waals surface area contributed by atoms with E-state index >= 15 is 0 Å². The first-order chi connectivity index (χ1) is 12.8. The maximum atomic E-state index is 12.4. The maximum absolute atomic E-state index is 12.4. The summed E-state index contributed by atoms with van der Waals surface area (Å²) >= 11 is 1.51. The van der Waals surface area contributed by atoms with E-state index in [0.717, 1.165) is 33.4 Å². The van der Waals surface area contributed by atoms with Crippen LogP contribution in [0.15, 0.2) is 29.4 Å². The summed E-state index contributed by atoms with van der Waals surface area (Å²) in [6.45, 7) is 7.31. The van der Waals surface area contributed by atoms with Gasteiger partial charge in [-0.25, -0.2) is 9.97 Å². The summed E-state index contributed by atoms with van der Waals surface area (Å²) in [4.78, 5) is 32.5. The van der Waals surface area contributed by atoms with Crippen LogP contribution in [0.3, 0.4) is 0 Å². The molecule has 144 valence electrons. The van der Waals surface area contributed by atoms with Crippen molar-refractivity contribution < 1.29 is 9.59 Å². The predicted octanol–water partition coefficient (Wildman–Crippen LogP) is 3.58. The molecule has 2 N–H and O–H groups in total. The number of aromatic nitrogens is 2. The lowest BCUT2D eigenvalue weighted by Crippen LogP contribution is -2.27. The van der Waals surface area contributed by atoms with Crippen LogP contribution in [0.5, 0.6) is 0 Å². The second-order valence-corrected chi connectivity index (χ2v) is 7.23. The van der Waals surface area contributed by atoms with Gasteiger partial charge in [0.1, 0.15) is 0 Å². The van der Waals surface area contributed by atoms with E-state index in [4.69, 9.17) is 0 Å². The number of hydrogen-bond donors (Lipinski definition) is 2. The first-order valence-corrected chi connectivity index (χ1v) is 10.1. The first kappa shape index (κ1) is 20.9. The molecule has 27 heavy (non-hydrogen) atoms. The van der Waals surface area contributed by atoms with Crippen LogP contribution in [0.1, 0.15) is 48.8 Å². The van der Waals surface area contributed by atoms with E-state index in [1.807, 2.05) is 51.3 Å². The molecular weight excluding hydrogens is 360 g/mol. The van der Waals surface area contributed by atoms with Gasteiger partial charge in [-0.3, -0.25) is 9.59 Å². The molecular formula is C20H26N4O2S. The zero-order chi connectivity index (χ0) is 20.0. The number of rotatable bonds is 7. The van der Waals surface area contributed by atoms with Crippen molar-refractivity contribution in [2.75, 3.05) is 11.6 Å². The number of benzene rings is 1. The molecule has 1 heterocycles. The fourth-order valence-corrected chi connectivity index (χ4v) is 3.34. The van der Waals surface area contributed by atoms with Crippen LogP contribution in [-0.4, -0.2) is 28.0 Å². The first-order valence-electron chi connectivity index (χ1n) is 8.85. The highest BCUT2D eigenvalue weighted by Crippen LogP contribution is 2.19. The fraction of sp³-hybridized carbons (Fsp3) is 0.400. The number of amides is 2. The highest BCUT2D eigenvalue weighted by atomic mass is 32.2. The fourth-order valence-electron chi connectivity index (χ4n) is 2.89. The van der Waals surface area contributed by atoms with Crippen molar-refractivity contribution in [3.63, 3.8) is 0 Å². The minimum atomic E-state index is -0.150. The van der Waals surface area contributed by atoms with Crippen molar-refractivity contribution >= 4 is 29.3 Å². The van der Waals surface area contributed by atoms with Crippen molar-refractivity contribution in [1.82, 2.24) is 15.3 Å². The van der Waals surface area contributed by atoms with Gasteiger partial charge in [0.2, 0.25) is 11.8 Å². The van der Waals surface area contributed by atoms with Gasteiger partial charge in [-0.1, -0.05) is 23.9 Å². The van der Waals surface area contributed by atoms with Crippen molar-refractivity contribution in [3.8, 4) is 0 Å². The lowest BCUT2D eigenvalue weighted by atomic mass is 10.0. The van der Waals surface area contributed by atoms with E-state index in [2.05, 4.69) is 20.6 Å². The number of carbonyl (C=O) groups is 2. The monoisotopic (exact) mass is 386 g/mol. The number of anilines is 1. The van der Waals surface area contributed by atoms with E-state index in [1.54, 1.807) is 0 Å². The Balaban J connectivity index is 1.97. The van der Waals surface area contributed by atoms with E-state index < -0.39 is 0 Å². The van der Waals surface area contributed by atoms with E-state index in [0.29, 0.717) is 12.8 Å². The molecule has 0 saturated heterocycles. The van der Waals surface area contributed by atoms with Crippen LogP contribution in [0, 0.1) is 13.8 Å². The van der Waals surface area contributed by atoms with Crippen molar-refractivity contribution in [1.29, 1.82) is 0 Å². The largest absolute Gasteiger partial charge is 0.350 e. The Morgan fingerprint density at radius 2 is 1.85 bits per heavy atom. The van der Waals surface area contributed by atoms with Gasteiger partial charge in [0, 0.05) is 30.4 Å². The Morgan fingerprint density at radius 1 is 1.19 bits per heavy atom. The molecule has 0 radical (unpaired) electrons. The number of thioether (sulfide) groups is 1. The normalized spacial score (nSPS) is 11.7. The molecule has 2 amide bonds. The number of hydrogen-bond acceptors (Lipinski definition) is 5. The second kappa shape index (κ2) is 9.50. The quantitative estimate of drug-likeness (QED) is 0.561. The van der Waals surface area contributed by atoms with Crippen molar-refractivity contribution in [2.45, 2.75) is 51.7 Å². The Labute approximate surface area is 164 Å². The van der Waals surface area contributed by atoms with Crippen LogP contribution in [0.4, 0.5) is 5.69 Å². The van der Waals surface area contributed by atoms with Crippen LogP contribution < -0.4 is 10.6 Å². The van der Waals surface area contributed by atoms with Crippen LogP contribution in [0.25, 0.3) is 0 Å². The summed E-state index contributed by atoms with van der Waals surface area (Å²) in [6.07, 6.45) is 2.93. The second-order valence-electron chi connectivity index (χ2n) is 6.46. The minimum Gasteiger partial charge on any atom is -0.350 e. The minimum absolute atomic E-state index is 0.0276. The van der Waals surface area contributed by atoms with Crippen LogP contribution in [-0.2, 0) is 16.0 Å². The molecule has 7 heteroatoms. The molecule has 0 aliphatic heterocycles. The summed E-state index contributed by atoms with van der Waals surface area (Å²) in [5, 5.41) is 6.52. The third-order valence-electron chi connectivity index (χ3n) is 4.27. The molecule has 6 nitrogen and oxygen atoms in total. The summed E-state index contributed by atoms with van der Waals surface area (Å²) in [7, 11) is 0. The van der Waals surface area contributed by atoms with Crippen molar-refractivity contribution in [2.24, 2.45) is 0 Å². The number of nitrogens with one attached hydrogen (secondary N) is 2.